The minimum Gasteiger partial charge on any atom is -0.103 e. The van der Waals surface area contributed by atoms with Gasteiger partial charge in [0.15, 0.2) is 0 Å². The fraction of sp³-hybridized carbons (Fsp3) is 0.985. The summed E-state index contributed by atoms with van der Waals surface area (Å²) in [4.78, 5) is 0. The molecule has 0 heterocycles. The second-order valence-corrected chi connectivity index (χ2v) is 59.7. The molecule has 132 heavy (non-hydrogen) atoms. The first-order chi connectivity index (χ1) is 65.0. The largest absolute Gasteiger partial charge is 0.103 e. The van der Waals surface area contributed by atoms with E-state index in [0.29, 0.717) is 70.4 Å². The summed E-state index contributed by atoms with van der Waals surface area (Å²) in [6.45, 7) is 5.00. The molecule has 0 aromatic rings. The van der Waals surface area contributed by atoms with E-state index in [2.05, 4.69) is 6.08 Å². The van der Waals surface area contributed by atoms with Crippen LogP contribution in [0.15, 0.2) is 12.7 Å². The molecule has 0 aliphatic heterocycles. The van der Waals surface area contributed by atoms with Crippen LogP contribution in [-0.2, 0) is 0 Å². The molecule has 0 saturated heterocycles. The molecule has 0 N–H and O–H groups in total. The topological polar surface area (TPSA) is 0 Å². The molecule has 26 saturated carbocycles. The summed E-state index contributed by atoms with van der Waals surface area (Å²) in [7, 11) is 0. The predicted octanol–water partition coefficient (Wildman–Crippen LogP) is 39.8. The third kappa shape index (κ3) is 13.1. The summed E-state index contributed by atoms with van der Waals surface area (Å²) >= 11 is 0. The first-order valence-electron chi connectivity index (χ1n) is 64.7. The van der Waals surface area contributed by atoms with Crippen LogP contribution in [0.25, 0.3) is 0 Å². The highest BCUT2D eigenvalue weighted by Gasteiger charge is 2.82. The fourth-order valence-corrected chi connectivity index (χ4v) is 56.3. The smallest absolute Gasteiger partial charge is 0.0145 e. The Morgan fingerprint density at radius 3 is 1.11 bits per heavy atom. The van der Waals surface area contributed by atoms with Gasteiger partial charge in [-0.1, -0.05) is 250 Å². The maximum absolute atomic E-state index is 5.00. The van der Waals surface area contributed by atoms with E-state index in [1.54, 1.807) is 591 Å². The van der Waals surface area contributed by atoms with Gasteiger partial charge in [0.05, 0.1) is 0 Å². The molecular weight excluding hydrogens is 1590 g/mol. The molecule has 22 atom stereocenters. The third-order valence-corrected chi connectivity index (χ3v) is 58.8. The molecule has 0 aromatic carbocycles. The van der Waals surface area contributed by atoms with Crippen LogP contribution in [0.1, 0.15) is 597 Å². The molecule has 0 bridgehead atoms. The third-order valence-electron chi connectivity index (χ3n) is 58.8. The highest BCUT2D eigenvalue weighted by Crippen LogP contribution is 2.90. The van der Waals surface area contributed by atoms with Gasteiger partial charge in [-0.15, -0.1) is 6.58 Å². The Labute approximate surface area is 816 Å². The van der Waals surface area contributed by atoms with Crippen molar-refractivity contribution >= 4 is 0 Å². The van der Waals surface area contributed by atoms with Gasteiger partial charge in [-0.25, -0.2) is 0 Å². The maximum Gasteiger partial charge on any atom is -0.0145 e. The van der Waals surface area contributed by atoms with E-state index in [1.165, 1.54) is 6.42 Å². The van der Waals surface area contributed by atoms with Crippen LogP contribution >= 0.6 is 0 Å². The summed E-state index contributed by atoms with van der Waals surface area (Å²) in [5.74, 6) is 23.9. The average molecular weight is 1800 g/mol. The molecule has 26 rings (SSSR count). The molecule has 740 valence electrons. The van der Waals surface area contributed by atoms with Crippen molar-refractivity contribution in [1.82, 2.24) is 0 Å². The zero-order chi connectivity index (χ0) is 87.7. The molecule has 15 unspecified atom stereocenters. The van der Waals surface area contributed by atoms with Gasteiger partial charge >= 0.3 is 0 Å². The lowest BCUT2D eigenvalue weighted by molar-refractivity contribution is -0.250. The van der Waals surface area contributed by atoms with Crippen molar-refractivity contribution in [1.29, 1.82) is 0 Å². The lowest BCUT2D eigenvalue weighted by atomic mass is 9.31. The molecule has 0 aromatic heterocycles. The Balaban J connectivity index is 0.569. The second-order valence-electron chi connectivity index (χ2n) is 59.7. The average Bonchev–Trinajstić information content (AvgIpc) is 1.48. The maximum atomic E-state index is 5.00. The van der Waals surface area contributed by atoms with Gasteiger partial charge in [-0.2, -0.15) is 0 Å². The van der Waals surface area contributed by atoms with Crippen LogP contribution in [-0.4, -0.2) is 0 Å². The van der Waals surface area contributed by atoms with E-state index in [1.807, 2.05) is 0 Å². The van der Waals surface area contributed by atoms with Crippen LogP contribution < -0.4 is 0 Å². The van der Waals surface area contributed by atoms with Crippen molar-refractivity contribution in [3.8, 4) is 0 Å². The summed E-state index contributed by atoms with van der Waals surface area (Å²) in [5.41, 5.74) is 8.48. The van der Waals surface area contributed by atoms with Crippen LogP contribution in [0.3, 0.4) is 0 Å². The molecule has 26 aliphatic rings. The van der Waals surface area contributed by atoms with Crippen LogP contribution in [0.5, 0.6) is 0 Å². The number of hydrogen-bond donors (Lipinski definition) is 0. The van der Waals surface area contributed by atoms with Crippen molar-refractivity contribution in [2.45, 2.75) is 597 Å². The lowest BCUT2D eigenvalue weighted by Gasteiger charge is -2.73. The van der Waals surface area contributed by atoms with Gasteiger partial charge in [0, 0.05) is 0 Å². The summed E-state index contributed by atoms with van der Waals surface area (Å²) in [6, 6.07) is 0. The van der Waals surface area contributed by atoms with Crippen molar-refractivity contribution in [3.63, 3.8) is 0 Å². The van der Waals surface area contributed by atoms with Crippen LogP contribution in [0.2, 0.25) is 0 Å². The second kappa shape index (κ2) is 36.1. The van der Waals surface area contributed by atoms with Crippen LogP contribution in [0, 0.1) is 212 Å². The monoisotopic (exact) mass is 1800 g/mol. The van der Waals surface area contributed by atoms with Gasteiger partial charge < -0.3 is 0 Å². The first kappa shape index (κ1) is 91.7. The minimum atomic E-state index is 0.518. The van der Waals surface area contributed by atoms with E-state index < -0.39 is 0 Å². The molecule has 0 heteroatoms. The molecule has 0 radical (unpaired) electrons. The standard InChI is InChI=1S/C132H212/c1-2-96-65-90-130(91-96,122(74-23-24-75-122)104-45-9-10-46-104)129(82-31-32-83-129)132(85-38-64-113(132)101-69-87-125(95-101,106-49-13-14-50-106)121(72-21-22-73-121)103-43-7-8-44-103)127(108-53-17-18-54-108)89-68-99(94-127)98-67-88-126(93-98,107-51-15-16-52-107)128(80-29-30-81-128)124(78-27-28-79-124)117-61-36-62-118(117)131(123(76-25-26-77-123)105-47-11-12-48-105)84-37-63-112(131)100-66-86-120(92-100,102-41-5-6-42-102)116-60-35-57-111(116)110-56-34-59-115(110)119(70-19-20-71-119)114-58-33-55-109(114)97-39-3-4-40-97/h2,96-118H,1,3-95H2/t96-,98-,99+,100-,101-,109?,110?,111?,112-,113+,114?,115?,116?,117?,118?,120?,125?,126?,127?,130?,131?,132?/m0/s1. The van der Waals surface area contributed by atoms with Crippen molar-refractivity contribution in [2.75, 3.05) is 0 Å². The lowest BCUT2D eigenvalue weighted by Crippen LogP contribution is -2.67. The van der Waals surface area contributed by atoms with E-state index in [-0.39, 0.29) is 0 Å². The normalized spacial score (nSPS) is 47.8. The number of rotatable bonds is 26. The molecular formula is C132H212. The Hall–Kier alpha value is -0.260. The quantitative estimate of drug-likeness (QED) is 0.0757. The van der Waals surface area contributed by atoms with Crippen molar-refractivity contribution < 1.29 is 0 Å². The minimum absolute atomic E-state index is 0.518. The summed E-state index contributed by atoms with van der Waals surface area (Å²) < 4.78 is 0. The molecule has 0 nitrogen and oxygen atoms in total. The Bertz CT molecular complexity index is 3860. The van der Waals surface area contributed by atoms with Gasteiger partial charge in [0.1, 0.15) is 0 Å². The highest BCUT2D eigenvalue weighted by molar-refractivity contribution is 5.31. The number of hydrogen-bond acceptors (Lipinski definition) is 0. The fourth-order valence-electron chi connectivity index (χ4n) is 56.3. The molecule has 26 aliphatic carbocycles. The molecule has 0 amide bonds. The van der Waals surface area contributed by atoms with Gasteiger partial charge in [-0.05, 0) is 565 Å². The Kier molecular flexibility index (Phi) is 25.1. The molecule has 0 spiro atoms. The van der Waals surface area contributed by atoms with E-state index >= 15 is 0 Å². The van der Waals surface area contributed by atoms with Gasteiger partial charge in [-0.3, -0.25) is 0 Å². The van der Waals surface area contributed by atoms with Gasteiger partial charge in [0.25, 0.3) is 0 Å². The Morgan fingerprint density at radius 1 is 0.159 bits per heavy atom. The summed E-state index contributed by atoms with van der Waals surface area (Å²) in [5, 5.41) is 0. The summed E-state index contributed by atoms with van der Waals surface area (Å²) in [6.07, 6.45) is 155. The Morgan fingerprint density at radius 2 is 0.530 bits per heavy atom. The van der Waals surface area contributed by atoms with E-state index in [9.17, 15) is 0 Å². The highest BCUT2D eigenvalue weighted by atomic mass is 14.9. The van der Waals surface area contributed by atoms with Crippen molar-refractivity contribution in [3.05, 3.63) is 12.7 Å². The van der Waals surface area contributed by atoms with Crippen LogP contribution in [0.4, 0.5) is 0 Å². The number of allylic oxidation sites excluding steroid dienone is 1. The van der Waals surface area contributed by atoms with E-state index in [0.717, 1.165) is 142 Å². The van der Waals surface area contributed by atoms with Crippen molar-refractivity contribution in [2.24, 2.45) is 212 Å². The zero-order valence-corrected chi connectivity index (χ0v) is 87.3. The van der Waals surface area contributed by atoms with E-state index in [4.69, 9.17) is 6.58 Å². The SMILES string of the molecule is C=C[C@H]1CCC(C2(C3CCCC3)CCCC2)(C2(C3(C4(C5CCCC5)CC[C@@H]([C@H]5CCC(C6CCCC6)(C6(C7(C8CCCC8C8(C9(C%10CCCC%10)CCCC9)CCC[C@H]8[C@H]8CCC(C9CCCC9)(C9CCCC9C9CCCC9C9(C%10CCCC%10C%10CCCC%10)CCCC9)C8)CCCC7)CCCC6)C5)C4)CCC[C@@H]3[C@H]3CCC(C4CCCC4)(C4(C5CCCC5)CCCC4)C3)CCCC2)C1. The first-order valence-corrected chi connectivity index (χ1v) is 64.7. The zero-order valence-electron chi connectivity index (χ0n) is 87.3. The molecule has 26 fully saturated rings. The predicted molar refractivity (Wildman–Crippen MR) is 554 cm³/mol. The van der Waals surface area contributed by atoms with Gasteiger partial charge in [0.2, 0.25) is 0 Å².